The molecule has 3 aliphatic heterocycles. The van der Waals surface area contributed by atoms with Gasteiger partial charge in [-0.1, -0.05) is 0 Å². The van der Waals surface area contributed by atoms with Crippen LogP contribution in [0, 0.1) is 5.92 Å². The number of nitrogens with one attached hydrogen (secondary N) is 1. The Balaban J connectivity index is 1.64. The Bertz CT molecular complexity index is 594. The van der Waals surface area contributed by atoms with Crippen molar-refractivity contribution in [3.8, 4) is 0 Å². The Labute approximate surface area is 138 Å². The summed E-state index contributed by atoms with van der Waals surface area (Å²) in [6.45, 7) is 6.78. The van der Waals surface area contributed by atoms with Gasteiger partial charge in [-0.05, 0) is 46.5 Å². The number of amides is 1. The molecular weight excluding hydrogens is 318 g/mol. The van der Waals surface area contributed by atoms with E-state index in [-0.39, 0.29) is 23.6 Å². The van der Waals surface area contributed by atoms with Crippen LogP contribution in [0.15, 0.2) is 0 Å². The fraction of sp³-hybridized carbons (Fsp3) is 0.933. The number of rotatable bonds is 2. The van der Waals surface area contributed by atoms with E-state index < -0.39 is 20.9 Å². The molecule has 3 N–H and O–H groups in total. The minimum atomic E-state index is -3.51. The monoisotopic (exact) mass is 345 g/mol. The van der Waals surface area contributed by atoms with Crippen LogP contribution in [-0.2, 0) is 14.8 Å². The molecule has 0 radical (unpaired) electrons. The van der Waals surface area contributed by atoms with Crippen molar-refractivity contribution in [2.75, 3.05) is 13.1 Å². The van der Waals surface area contributed by atoms with Crippen molar-refractivity contribution < 1.29 is 17.9 Å². The van der Waals surface area contributed by atoms with Crippen molar-refractivity contribution in [1.29, 1.82) is 0 Å². The molecule has 0 aromatic heterocycles. The van der Waals surface area contributed by atoms with Crippen molar-refractivity contribution in [1.82, 2.24) is 10.2 Å². The standard InChI is InChI=1S/C15H27N3O4S/c1-14(2,3)22-13(19)18-8-10(9-18)15-5-4-11(17-15)6-12(7-15)23(16,20)21/h10-12,17H,4-9H2,1-3H3,(H2,16,20,21)/t11-,12+,15+/m0/s1. The summed E-state index contributed by atoms with van der Waals surface area (Å²) < 4.78 is 28.9. The lowest BCUT2D eigenvalue weighted by Gasteiger charge is -2.51. The first-order chi connectivity index (χ1) is 10.5. The van der Waals surface area contributed by atoms with Crippen molar-refractivity contribution in [3.63, 3.8) is 0 Å². The maximum absolute atomic E-state index is 12.1. The van der Waals surface area contributed by atoms with Gasteiger partial charge in [0.25, 0.3) is 0 Å². The summed E-state index contributed by atoms with van der Waals surface area (Å²) in [6, 6.07) is 0.225. The summed E-state index contributed by atoms with van der Waals surface area (Å²) in [4.78, 5) is 13.8. The van der Waals surface area contributed by atoms with Crippen LogP contribution in [0.4, 0.5) is 4.79 Å². The van der Waals surface area contributed by atoms with Crippen molar-refractivity contribution >= 4 is 16.1 Å². The third-order valence-electron chi connectivity index (χ3n) is 5.35. The van der Waals surface area contributed by atoms with E-state index in [0.717, 1.165) is 12.8 Å². The zero-order valence-electron chi connectivity index (χ0n) is 14.0. The molecule has 23 heavy (non-hydrogen) atoms. The Hall–Kier alpha value is -0.860. The number of ether oxygens (including phenoxy) is 1. The van der Waals surface area contributed by atoms with Crippen molar-refractivity contribution in [2.24, 2.45) is 11.1 Å². The van der Waals surface area contributed by atoms with Gasteiger partial charge >= 0.3 is 6.09 Å². The van der Waals surface area contributed by atoms with E-state index in [2.05, 4.69) is 5.32 Å². The minimum absolute atomic E-state index is 0.196. The summed E-state index contributed by atoms with van der Waals surface area (Å²) in [5, 5.41) is 8.54. The van der Waals surface area contributed by atoms with Gasteiger partial charge in [-0.2, -0.15) is 0 Å². The van der Waals surface area contributed by atoms with Gasteiger partial charge in [0, 0.05) is 30.6 Å². The zero-order valence-corrected chi connectivity index (χ0v) is 14.9. The Morgan fingerprint density at radius 2 is 2.00 bits per heavy atom. The molecule has 7 nitrogen and oxygen atoms in total. The topological polar surface area (TPSA) is 102 Å². The summed E-state index contributed by atoms with van der Waals surface area (Å²) in [5.41, 5.74) is -0.695. The Morgan fingerprint density at radius 3 is 2.57 bits per heavy atom. The molecule has 3 aliphatic rings. The van der Waals surface area contributed by atoms with Crippen LogP contribution in [0.25, 0.3) is 0 Å². The molecule has 0 saturated carbocycles. The summed E-state index contributed by atoms with van der Waals surface area (Å²) >= 11 is 0. The van der Waals surface area contributed by atoms with E-state index in [4.69, 9.17) is 9.88 Å². The van der Waals surface area contributed by atoms with Crippen LogP contribution in [0.3, 0.4) is 0 Å². The SMILES string of the molecule is CC(C)(C)OC(=O)N1CC([C@@]23CC[C@@H](C[C@@H](S(N)(=O)=O)C2)N3)C1. The molecule has 0 aliphatic carbocycles. The molecule has 3 saturated heterocycles. The molecule has 1 amide bonds. The van der Waals surface area contributed by atoms with Gasteiger partial charge in [0.05, 0.1) is 5.25 Å². The van der Waals surface area contributed by atoms with E-state index in [9.17, 15) is 13.2 Å². The highest BCUT2D eigenvalue weighted by atomic mass is 32.2. The number of likely N-dealkylation sites (tertiary alicyclic amines) is 1. The van der Waals surface area contributed by atoms with E-state index >= 15 is 0 Å². The van der Waals surface area contributed by atoms with E-state index in [1.165, 1.54) is 0 Å². The first-order valence-corrected chi connectivity index (χ1v) is 9.87. The van der Waals surface area contributed by atoms with Crippen LogP contribution in [0.5, 0.6) is 0 Å². The van der Waals surface area contributed by atoms with E-state index in [1.807, 2.05) is 20.8 Å². The number of piperidine rings is 1. The number of carbonyl (C=O) groups excluding carboxylic acids is 1. The zero-order chi connectivity index (χ0) is 17.0. The highest BCUT2D eigenvalue weighted by Crippen LogP contribution is 2.45. The molecule has 3 fully saturated rings. The molecule has 8 heteroatoms. The molecule has 3 heterocycles. The second kappa shape index (κ2) is 5.32. The highest BCUT2D eigenvalue weighted by molar-refractivity contribution is 7.89. The van der Waals surface area contributed by atoms with Crippen LogP contribution in [0.1, 0.15) is 46.5 Å². The summed E-state index contributed by atoms with van der Waals surface area (Å²) in [7, 11) is -3.51. The molecule has 0 spiro atoms. The molecule has 2 bridgehead atoms. The van der Waals surface area contributed by atoms with Crippen molar-refractivity contribution in [3.05, 3.63) is 0 Å². The number of hydrogen-bond acceptors (Lipinski definition) is 5. The normalized spacial score (nSPS) is 35.0. The summed E-state index contributed by atoms with van der Waals surface area (Å²) in [6.07, 6.45) is 2.79. The maximum Gasteiger partial charge on any atom is 0.410 e. The molecule has 132 valence electrons. The highest BCUT2D eigenvalue weighted by Gasteiger charge is 2.55. The van der Waals surface area contributed by atoms with Crippen molar-refractivity contribution in [2.45, 2.75) is 68.9 Å². The lowest BCUT2D eigenvalue weighted by atomic mass is 9.74. The third-order valence-corrected chi connectivity index (χ3v) is 6.64. The molecule has 3 atom stereocenters. The average molecular weight is 345 g/mol. The predicted molar refractivity (Wildman–Crippen MR) is 86.3 cm³/mol. The predicted octanol–water partition coefficient (Wildman–Crippen LogP) is 0.795. The molecular formula is C15H27N3O4S. The van der Waals surface area contributed by atoms with E-state index in [0.29, 0.717) is 25.9 Å². The number of nitrogens with two attached hydrogens (primary N) is 1. The van der Waals surface area contributed by atoms with E-state index in [1.54, 1.807) is 4.90 Å². The Morgan fingerprint density at radius 1 is 1.35 bits per heavy atom. The first-order valence-electron chi connectivity index (χ1n) is 8.26. The number of sulfonamides is 1. The molecule has 0 aromatic rings. The fourth-order valence-corrected chi connectivity index (χ4v) is 5.20. The van der Waals surface area contributed by atoms with Gasteiger partial charge in [0.15, 0.2) is 0 Å². The van der Waals surface area contributed by atoms with Gasteiger partial charge in [-0.15, -0.1) is 0 Å². The smallest absolute Gasteiger partial charge is 0.410 e. The number of nitrogens with zero attached hydrogens (tertiary/aromatic N) is 1. The first kappa shape index (κ1) is 17.0. The third kappa shape index (κ3) is 3.34. The molecule has 0 unspecified atom stereocenters. The lowest BCUT2D eigenvalue weighted by Crippen LogP contribution is -2.66. The van der Waals surface area contributed by atoms with Crippen LogP contribution >= 0.6 is 0 Å². The number of primary sulfonamides is 1. The Kier molecular flexibility index (Phi) is 3.93. The number of carbonyl (C=O) groups is 1. The number of hydrogen-bond donors (Lipinski definition) is 2. The van der Waals surface area contributed by atoms with Gasteiger partial charge in [-0.3, -0.25) is 0 Å². The lowest BCUT2D eigenvalue weighted by molar-refractivity contribution is -0.0220. The number of fused-ring (bicyclic) bond motifs is 2. The summed E-state index contributed by atoms with van der Waals surface area (Å²) in [5.74, 6) is 0.268. The van der Waals surface area contributed by atoms with Gasteiger partial charge in [0.2, 0.25) is 10.0 Å². The molecule has 3 rings (SSSR count). The quantitative estimate of drug-likeness (QED) is 0.770. The van der Waals surface area contributed by atoms with Crippen LogP contribution in [-0.4, -0.2) is 54.9 Å². The second-order valence-corrected chi connectivity index (χ2v) is 10.1. The van der Waals surface area contributed by atoms with Crippen LogP contribution < -0.4 is 10.5 Å². The minimum Gasteiger partial charge on any atom is -0.444 e. The molecule has 0 aromatic carbocycles. The second-order valence-electron chi connectivity index (χ2n) is 8.27. The average Bonchev–Trinajstić information content (AvgIpc) is 2.59. The largest absolute Gasteiger partial charge is 0.444 e. The van der Waals surface area contributed by atoms with Crippen LogP contribution in [0.2, 0.25) is 0 Å². The van der Waals surface area contributed by atoms with Gasteiger partial charge in [0.1, 0.15) is 5.60 Å². The fourth-order valence-electron chi connectivity index (χ4n) is 4.17. The van der Waals surface area contributed by atoms with Gasteiger partial charge < -0.3 is 15.0 Å². The van der Waals surface area contributed by atoms with Gasteiger partial charge in [-0.25, -0.2) is 18.4 Å². The maximum atomic E-state index is 12.1.